The van der Waals surface area contributed by atoms with E-state index in [1.165, 1.54) is 25.1 Å². The fourth-order valence-electron chi connectivity index (χ4n) is 3.40. The van der Waals surface area contributed by atoms with E-state index < -0.39 is 6.29 Å². The Hall–Kier alpha value is -2.12. The first-order chi connectivity index (χ1) is 14.5. The van der Waals surface area contributed by atoms with Crippen molar-refractivity contribution in [3.63, 3.8) is 0 Å². The van der Waals surface area contributed by atoms with E-state index in [0.29, 0.717) is 5.75 Å². The molecule has 3 aromatic carbocycles. The van der Waals surface area contributed by atoms with Crippen LogP contribution in [0, 0.1) is 5.92 Å². The van der Waals surface area contributed by atoms with Gasteiger partial charge in [0.2, 0.25) is 6.29 Å². The molecule has 0 bridgehead atoms. The number of ether oxygens (including phenoxy) is 2. The van der Waals surface area contributed by atoms with Crippen molar-refractivity contribution >= 4 is 59.2 Å². The fourth-order valence-corrected chi connectivity index (χ4v) is 5.92. The lowest BCUT2D eigenvalue weighted by Gasteiger charge is -2.23. The number of carbonyl (C=O) groups excluding carboxylic acids is 1. The van der Waals surface area contributed by atoms with Gasteiger partial charge < -0.3 is 9.47 Å². The average Bonchev–Trinajstić information content (AvgIpc) is 3.08. The standard InChI is InChI=1S/C25H24IO3S/c1-16(2)25(29-24(27)17(3)26)28-18-12-14-19(15-13-18)30-22-10-6-4-8-20(22)21-9-5-7-11-23(21)30/h4-17,25H,1-3H3/q+1. The predicted molar refractivity (Wildman–Crippen MR) is 134 cm³/mol. The van der Waals surface area contributed by atoms with Crippen LogP contribution in [0.3, 0.4) is 0 Å². The van der Waals surface area contributed by atoms with E-state index in [2.05, 4.69) is 83.3 Å². The summed E-state index contributed by atoms with van der Waals surface area (Å²) >= 11 is 2.05. The SMILES string of the molecule is CC(I)C(=O)OC(Oc1ccc(-[s+]2c3ccccc3c3ccccc32)cc1)C(C)C. The second kappa shape index (κ2) is 8.94. The fraction of sp³-hybridized carbons (Fsp3) is 0.240. The average molecular weight is 531 g/mol. The van der Waals surface area contributed by atoms with Crippen LogP contribution in [0.25, 0.3) is 25.1 Å². The van der Waals surface area contributed by atoms with Crippen LogP contribution in [0.4, 0.5) is 0 Å². The molecule has 1 aromatic heterocycles. The molecule has 1 heterocycles. The van der Waals surface area contributed by atoms with Crippen LogP contribution in [-0.4, -0.2) is 16.2 Å². The van der Waals surface area contributed by atoms with Crippen LogP contribution in [0.1, 0.15) is 20.8 Å². The summed E-state index contributed by atoms with van der Waals surface area (Å²) in [6.45, 7) is 5.78. The largest absolute Gasteiger partial charge is 0.455 e. The third-order valence-corrected chi connectivity index (χ3v) is 7.76. The zero-order valence-electron chi connectivity index (χ0n) is 17.2. The monoisotopic (exact) mass is 531 g/mol. The van der Waals surface area contributed by atoms with Gasteiger partial charge in [0.25, 0.3) is 0 Å². The Morgan fingerprint density at radius 1 is 0.833 bits per heavy atom. The molecule has 2 unspecified atom stereocenters. The molecule has 0 aliphatic heterocycles. The van der Waals surface area contributed by atoms with Crippen LogP contribution in [0.15, 0.2) is 72.8 Å². The van der Waals surface area contributed by atoms with Gasteiger partial charge in [-0.25, -0.2) is 0 Å². The molecule has 30 heavy (non-hydrogen) atoms. The van der Waals surface area contributed by atoms with Gasteiger partial charge in [-0.05, 0) is 43.3 Å². The van der Waals surface area contributed by atoms with Gasteiger partial charge in [0, 0.05) is 39.3 Å². The highest BCUT2D eigenvalue weighted by Gasteiger charge is 2.25. The van der Waals surface area contributed by atoms with Crippen molar-refractivity contribution in [3.8, 4) is 10.6 Å². The van der Waals surface area contributed by atoms with E-state index in [0.717, 1.165) is 0 Å². The molecular weight excluding hydrogens is 507 g/mol. The first-order valence-corrected chi connectivity index (χ1v) is 12.5. The van der Waals surface area contributed by atoms with Crippen molar-refractivity contribution in [2.24, 2.45) is 5.92 Å². The minimum atomic E-state index is -0.601. The molecule has 0 fully saturated rings. The summed E-state index contributed by atoms with van der Waals surface area (Å²) in [4.78, 5) is 13.2. The number of halogens is 1. The highest BCUT2D eigenvalue weighted by atomic mass is 127. The third-order valence-electron chi connectivity index (χ3n) is 4.92. The molecule has 0 radical (unpaired) electrons. The van der Waals surface area contributed by atoms with Gasteiger partial charge in [0.05, 0.1) is 0 Å². The van der Waals surface area contributed by atoms with E-state index in [4.69, 9.17) is 9.47 Å². The molecule has 0 saturated heterocycles. The van der Waals surface area contributed by atoms with Crippen LogP contribution in [-0.2, 0) is 9.53 Å². The van der Waals surface area contributed by atoms with Crippen LogP contribution < -0.4 is 4.74 Å². The van der Waals surface area contributed by atoms with E-state index in [9.17, 15) is 4.79 Å². The second-order valence-electron chi connectivity index (χ2n) is 7.55. The lowest BCUT2D eigenvalue weighted by Crippen LogP contribution is -2.31. The van der Waals surface area contributed by atoms with Crippen molar-refractivity contribution in [1.82, 2.24) is 0 Å². The molecule has 5 heteroatoms. The number of alkyl halides is 1. The van der Waals surface area contributed by atoms with Crippen molar-refractivity contribution in [1.29, 1.82) is 0 Å². The molecular formula is C25H24IO3S+. The molecule has 0 N–H and O–H groups in total. The number of hydrogen-bond acceptors (Lipinski definition) is 3. The first kappa shape index (κ1) is 21.1. The Morgan fingerprint density at radius 2 is 1.37 bits per heavy atom. The highest BCUT2D eigenvalue weighted by Crippen LogP contribution is 2.48. The lowest BCUT2D eigenvalue weighted by atomic mass is 10.2. The number of carbonyl (C=O) groups is 1. The van der Waals surface area contributed by atoms with E-state index in [1.807, 2.05) is 32.9 Å². The number of rotatable bonds is 6. The van der Waals surface area contributed by atoms with Crippen LogP contribution >= 0.6 is 33.1 Å². The number of esters is 1. The van der Waals surface area contributed by atoms with Gasteiger partial charge >= 0.3 is 5.97 Å². The number of thiophene rings is 1. The zero-order valence-corrected chi connectivity index (χ0v) is 20.1. The predicted octanol–water partition coefficient (Wildman–Crippen LogP) is 7.46. The lowest BCUT2D eigenvalue weighted by molar-refractivity contribution is -0.168. The third kappa shape index (κ3) is 4.18. The van der Waals surface area contributed by atoms with Gasteiger partial charge in [-0.2, -0.15) is 0 Å². The summed E-state index contributed by atoms with van der Waals surface area (Å²) < 4.78 is 14.1. The maximum Gasteiger partial charge on any atom is 0.321 e. The Kier molecular flexibility index (Phi) is 6.29. The zero-order chi connectivity index (χ0) is 21.3. The van der Waals surface area contributed by atoms with Gasteiger partial charge in [-0.1, -0.05) is 60.7 Å². The van der Waals surface area contributed by atoms with Crippen molar-refractivity contribution in [2.75, 3.05) is 0 Å². The molecule has 0 aliphatic rings. The van der Waals surface area contributed by atoms with Gasteiger partial charge in [0.1, 0.15) is 9.67 Å². The summed E-state index contributed by atoms with van der Waals surface area (Å²) in [5.41, 5.74) is 0. The minimum Gasteiger partial charge on any atom is -0.455 e. The summed E-state index contributed by atoms with van der Waals surface area (Å²) in [7, 11) is -0.128. The Bertz CT molecular complexity index is 1120. The highest BCUT2D eigenvalue weighted by molar-refractivity contribution is 14.1. The molecule has 0 aliphatic carbocycles. The van der Waals surface area contributed by atoms with Crippen molar-refractivity contribution < 1.29 is 14.3 Å². The molecule has 3 nitrogen and oxygen atoms in total. The second-order valence-corrected chi connectivity index (χ2v) is 11.4. The molecule has 4 aromatic rings. The molecule has 154 valence electrons. The van der Waals surface area contributed by atoms with Crippen molar-refractivity contribution in [2.45, 2.75) is 31.0 Å². The molecule has 2 atom stereocenters. The van der Waals surface area contributed by atoms with Crippen molar-refractivity contribution in [3.05, 3.63) is 72.8 Å². The Labute approximate surface area is 193 Å². The van der Waals surface area contributed by atoms with Gasteiger partial charge in [-0.15, -0.1) is 0 Å². The number of fused-ring (bicyclic) bond motifs is 3. The number of hydrogen-bond donors (Lipinski definition) is 0. The van der Waals surface area contributed by atoms with Crippen LogP contribution in [0.2, 0.25) is 0 Å². The topological polar surface area (TPSA) is 35.5 Å². The Balaban J connectivity index is 1.66. The smallest absolute Gasteiger partial charge is 0.321 e. The minimum absolute atomic E-state index is 0.0548. The van der Waals surface area contributed by atoms with Gasteiger partial charge in [0.15, 0.2) is 14.3 Å². The van der Waals surface area contributed by atoms with E-state index in [-0.39, 0.29) is 26.3 Å². The maximum atomic E-state index is 12.0. The Morgan fingerprint density at radius 3 is 1.87 bits per heavy atom. The quantitative estimate of drug-likeness (QED) is 0.0852. The first-order valence-electron chi connectivity index (χ1n) is 9.99. The normalized spacial score (nSPS) is 13.5. The molecule has 0 saturated carbocycles. The van der Waals surface area contributed by atoms with Gasteiger partial charge in [-0.3, -0.25) is 4.79 Å². The molecule has 0 amide bonds. The molecule has 0 spiro atoms. The van der Waals surface area contributed by atoms with Crippen LogP contribution in [0.5, 0.6) is 5.75 Å². The molecule has 4 rings (SSSR count). The summed E-state index contributed by atoms with van der Waals surface area (Å²) in [5, 5.41) is 2.63. The van der Waals surface area contributed by atoms with E-state index in [1.54, 1.807) is 0 Å². The van der Waals surface area contributed by atoms with E-state index >= 15 is 0 Å². The maximum absolute atomic E-state index is 12.0. The summed E-state index contributed by atoms with van der Waals surface area (Å²) in [6, 6.07) is 25.5. The summed E-state index contributed by atoms with van der Waals surface area (Å²) in [6.07, 6.45) is -0.601. The number of benzene rings is 3. The summed E-state index contributed by atoms with van der Waals surface area (Å²) in [5.74, 6) is 0.501.